The molecule has 0 radical (unpaired) electrons. The second kappa shape index (κ2) is 3.92. The Kier molecular flexibility index (Phi) is 2.55. The quantitative estimate of drug-likeness (QED) is 0.612. The van der Waals surface area contributed by atoms with Crippen molar-refractivity contribution in [3.63, 3.8) is 0 Å². The van der Waals surface area contributed by atoms with E-state index in [9.17, 15) is 0 Å². The summed E-state index contributed by atoms with van der Waals surface area (Å²) in [6.07, 6.45) is 13.9. The highest BCUT2D eigenvalue weighted by molar-refractivity contribution is 9.11. The minimum atomic E-state index is 0.621. The predicted octanol–water partition coefficient (Wildman–Crippen LogP) is 3.62. The topological polar surface area (TPSA) is 3.24 Å². The Bertz CT molecular complexity index is 428. The van der Waals surface area contributed by atoms with E-state index in [1.54, 1.807) is 5.57 Å². The molecule has 3 aliphatic rings. The van der Waals surface area contributed by atoms with Gasteiger partial charge in [0.05, 0.1) is 0 Å². The molecule has 2 unspecified atom stereocenters. The van der Waals surface area contributed by atoms with Gasteiger partial charge in [-0.2, -0.15) is 0 Å². The summed E-state index contributed by atoms with van der Waals surface area (Å²) in [7, 11) is 2.16. The third-order valence-electron chi connectivity index (χ3n) is 3.79. The van der Waals surface area contributed by atoms with Crippen molar-refractivity contribution >= 4 is 15.9 Å². The minimum Gasteiger partial charge on any atom is -0.380 e. The van der Waals surface area contributed by atoms with Crippen LogP contribution in [0.2, 0.25) is 0 Å². The van der Waals surface area contributed by atoms with E-state index in [2.05, 4.69) is 58.4 Å². The summed E-state index contributed by atoms with van der Waals surface area (Å²) in [5, 5.41) is 0. The molecule has 1 nitrogen and oxygen atoms in total. The molecule has 2 aliphatic carbocycles. The van der Waals surface area contributed by atoms with Crippen LogP contribution in [-0.4, -0.2) is 18.5 Å². The van der Waals surface area contributed by atoms with Crippen LogP contribution >= 0.6 is 15.9 Å². The molecule has 84 valence electrons. The van der Waals surface area contributed by atoms with Crippen molar-refractivity contribution < 1.29 is 0 Å². The van der Waals surface area contributed by atoms with Gasteiger partial charge in [-0.25, -0.2) is 0 Å². The van der Waals surface area contributed by atoms with Crippen molar-refractivity contribution in [1.82, 2.24) is 4.90 Å². The molecule has 1 aliphatic heterocycles. The van der Waals surface area contributed by atoms with Crippen molar-refractivity contribution in [3.05, 3.63) is 46.1 Å². The van der Waals surface area contributed by atoms with Crippen molar-refractivity contribution in [3.8, 4) is 0 Å². The van der Waals surface area contributed by atoms with E-state index in [1.165, 1.54) is 22.9 Å². The molecule has 2 heteroatoms. The smallest absolute Gasteiger partial charge is 0.0246 e. The van der Waals surface area contributed by atoms with E-state index in [4.69, 9.17) is 0 Å². The average molecular weight is 278 g/mol. The van der Waals surface area contributed by atoms with Crippen molar-refractivity contribution in [2.75, 3.05) is 13.6 Å². The molecule has 2 atom stereocenters. The van der Waals surface area contributed by atoms with Gasteiger partial charge in [-0.05, 0) is 42.3 Å². The second-order valence-electron chi connectivity index (χ2n) is 4.87. The molecular weight excluding hydrogens is 262 g/mol. The molecule has 0 bridgehead atoms. The average Bonchev–Trinajstić information content (AvgIpc) is 2.31. The first-order chi connectivity index (χ1) is 7.75. The van der Waals surface area contributed by atoms with Gasteiger partial charge in [-0.3, -0.25) is 0 Å². The molecular formula is C14H16BrN. The maximum absolute atomic E-state index is 3.73. The van der Waals surface area contributed by atoms with Crippen LogP contribution in [0.3, 0.4) is 0 Å². The molecule has 0 spiro atoms. The number of allylic oxidation sites excluding steroid dienone is 6. The Hall–Kier alpha value is -0.760. The largest absolute Gasteiger partial charge is 0.380 e. The Morgan fingerprint density at radius 1 is 1.44 bits per heavy atom. The molecule has 0 aromatic heterocycles. The van der Waals surface area contributed by atoms with Gasteiger partial charge in [0.25, 0.3) is 0 Å². The zero-order chi connectivity index (χ0) is 11.1. The van der Waals surface area contributed by atoms with Crippen LogP contribution in [0, 0.1) is 11.8 Å². The monoisotopic (exact) mass is 277 g/mol. The van der Waals surface area contributed by atoms with Gasteiger partial charge in [0.2, 0.25) is 0 Å². The van der Waals surface area contributed by atoms with Crippen LogP contribution in [-0.2, 0) is 0 Å². The lowest BCUT2D eigenvalue weighted by Gasteiger charge is -2.38. The molecule has 3 rings (SSSR count). The van der Waals surface area contributed by atoms with Gasteiger partial charge in [0.1, 0.15) is 0 Å². The molecule has 0 saturated heterocycles. The summed E-state index contributed by atoms with van der Waals surface area (Å²) in [4.78, 5) is 2.29. The van der Waals surface area contributed by atoms with E-state index in [-0.39, 0.29) is 0 Å². The normalized spacial score (nSPS) is 32.4. The van der Waals surface area contributed by atoms with Gasteiger partial charge in [-0.1, -0.05) is 28.1 Å². The highest BCUT2D eigenvalue weighted by atomic mass is 79.9. The first-order valence-electron chi connectivity index (χ1n) is 5.91. The van der Waals surface area contributed by atoms with Gasteiger partial charge >= 0.3 is 0 Å². The summed E-state index contributed by atoms with van der Waals surface area (Å²) in [6.45, 7) is 1.14. The summed E-state index contributed by atoms with van der Waals surface area (Å²) in [5.74, 6) is 1.28. The highest BCUT2D eigenvalue weighted by Gasteiger charge is 2.33. The van der Waals surface area contributed by atoms with Crippen LogP contribution < -0.4 is 0 Å². The number of hydrogen-bond donors (Lipinski definition) is 0. The molecule has 0 N–H and O–H groups in total. The van der Waals surface area contributed by atoms with E-state index < -0.39 is 0 Å². The summed E-state index contributed by atoms with van der Waals surface area (Å²) in [5.41, 5.74) is 3.07. The number of hydrogen-bond acceptors (Lipinski definition) is 1. The maximum atomic E-state index is 3.73. The minimum absolute atomic E-state index is 0.621. The maximum Gasteiger partial charge on any atom is 0.0246 e. The van der Waals surface area contributed by atoms with Crippen LogP contribution in [0.1, 0.15) is 12.8 Å². The van der Waals surface area contributed by atoms with Crippen LogP contribution in [0.25, 0.3) is 0 Å². The first-order valence-corrected chi connectivity index (χ1v) is 6.70. The van der Waals surface area contributed by atoms with Gasteiger partial charge in [-0.15, -0.1) is 0 Å². The highest BCUT2D eigenvalue weighted by Crippen LogP contribution is 2.43. The fraction of sp³-hybridized carbons (Fsp3) is 0.429. The zero-order valence-electron chi connectivity index (χ0n) is 9.49. The molecule has 16 heavy (non-hydrogen) atoms. The SMILES string of the molecule is CN1C=CC2=CC(Br)=C3CCC=CC3C2C1. The first kappa shape index (κ1) is 10.4. The van der Waals surface area contributed by atoms with Crippen LogP contribution in [0.5, 0.6) is 0 Å². The van der Waals surface area contributed by atoms with Crippen molar-refractivity contribution in [1.29, 1.82) is 0 Å². The van der Waals surface area contributed by atoms with Gasteiger partial charge in [0, 0.05) is 29.9 Å². The molecule has 0 saturated carbocycles. The summed E-state index contributed by atoms with van der Waals surface area (Å²) in [6, 6.07) is 0. The number of fused-ring (bicyclic) bond motifs is 3. The Morgan fingerprint density at radius 3 is 3.19 bits per heavy atom. The van der Waals surface area contributed by atoms with E-state index >= 15 is 0 Å². The van der Waals surface area contributed by atoms with E-state index in [0.717, 1.165) is 6.54 Å². The number of halogens is 1. The van der Waals surface area contributed by atoms with Gasteiger partial charge in [0.15, 0.2) is 0 Å². The Balaban J connectivity index is 2.05. The third-order valence-corrected chi connectivity index (χ3v) is 4.53. The molecule has 0 amide bonds. The van der Waals surface area contributed by atoms with Crippen LogP contribution in [0.4, 0.5) is 0 Å². The van der Waals surface area contributed by atoms with E-state index in [1.807, 2.05) is 0 Å². The lowest BCUT2D eigenvalue weighted by molar-refractivity contribution is 0.331. The predicted molar refractivity (Wildman–Crippen MR) is 71.2 cm³/mol. The third kappa shape index (κ3) is 1.60. The molecule has 0 aromatic carbocycles. The fourth-order valence-corrected chi connectivity index (χ4v) is 3.68. The Labute approximate surface area is 105 Å². The molecule has 1 heterocycles. The standard InChI is InChI=1S/C14H16BrN/c1-16-7-6-10-8-14(15)12-5-3-2-4-11(12)13(10)9-16/h2,4,6-8,11,13H,3,5,9H2,1H3. The molecule has 0 fully saturated rings. The fourth-order valence-electron chi connectivity index (χ4n) is 2.95. The lowest BCUT2D eigenvalue weighted by atomic mass is 9.72. The van der Waals surface area contributed by atoms with Crippen molar-refractivity contribution in [2.45, 2.75) is 12.8 Å². The van der Waals surface area contributed by atoms with Crippen molar-refractivity contribution in [2.24, 2.45) is 11.8 Å². The number of rotatable bonds is 0. The van der Waals surface area contributed by atoms with E-state index in [0.29, 0.717) is 11.8 Å². The zero-order valence-corrected chi connectivity index (χ0v) is 11.1. The number of nitrogens with zero attached hydrogens (tertiary/aromatic N) is 1. The second-order valence-corrected chi connectivity index (χ2v) is 5.73. The van der Waals surface area contributed by atoms with Gasteiger partial charge < -0.3 is 4.90 Å². The summed E-state index contributed by atoms with van der Waals surface area (Å²) < 4.78 is 1.32. The molecule has 0 aromatic rings. The van der Waals surface area contributed by atoms with Crippen LogP contribution in [0.15, 0.2) is 46.1 Å². The Morgan fingerprint density at radius 2 is 2.31 bits per heavy atom. The lowest BCUT2D eigenvalue weighted by Crippen LogP contribution is -2.34. The summed E-state index contributed by atoms with van der Waals surface area (Å²) >= 11 is 3.73.